The Hall–Kier alpha value is -1.57. The standard InChI is InChI=1S/C11H13N3O.ClH/c1-8(6-12)14-11(15)10-4-2-9(7-13)3-5-10;/h2-5,8H,6,12H2,1H3,(H,14,15);1H/t8-;/m0./s1. The topological polar surface area (TPSA) is 78.9 Å². The summed E-state index contributed by atoms with van der Waals surface area (Å²) in [7, 11) is 0. The third-order valence-corrected chi connectivity index (χ3v) is 2.01. The van der Waals surface area contributed by atoms with Gasteiger partial charge in [0.2, 0.25) is 0 Å². The van der Waals surface area contributed by atoms with E-state index in [0.717, 1.165) is 0 Å². The van der Waals surface area contributed by atoms with Gasteiger partial charge in [-0.1, -0.05) is 0 Å². The molecule has 0 fully saturated rings. The second-order valence-electron chi connectivity index (χ2n) is 3.30. The number of hydrogen-bond donors (Lipinski definition) is 2. The van der Waals surface area contributed by atoms with Crippen molar-refractivity contribution < 1.29 is 4.79 Å². The summed E-state index contributed by atoms with van der Waals surface area (Å²) in [6, 6.07) is 8.42. The summed E-state index contributed by atoms with van der Waals surface area (Å²) >= 11 is 0. The highest BCUT2D eigenvalue weighted by Gasteiger charge is 2.07. The molecular formula is C11H14ClN3O. The van der Waals surface area contributed by atoms with E-state index in [0.29, 0.717) is 17.7 Å². The Morgan fingerprint density at radius 2 is 2.06 bits per heavy atom. The Labute approximate surface area is 101 Å². The molecule has 86 valence electrons. The van der Waals surface area contributed by atoms with E-state index >= 15 is 0 Å². The highest BCUT2D eigenvalue weighted by Crippen LogP contribution is 2.03. The molecule has 0 bridgehead atoms. The van der Waals surface area contributed by atoms with E-state index in [-0.39, 0.29) is 24.4 Å². The Balaban J connectivity index is 0.00000225. The molecule has 16 heavy (non-hydrogen) atoms. The molecule has 1 amide bonds. The average molecular weight is 240 g/mol. The molecule has 0 heterocycles. The first-order chi connectivity index (χ1) is 7.17. The summed E-state index contributed by atoms with van der Waals surface area (Å²) < 4.78 is 0. The molecule has 4 nitrogen and oxygen atoms in total. The number of carbonyl (C=O) groups excluding carboxylic acids is 1. The molecule has 1 aromatic carbocycles. The molecule has 0 aliphatic rings. The van der Waals surface area contributed by atoms with Gasteiger partial charge in [-0.15, -0.1) is 12.4 Å². The van der Waals surface area contributed by atoms with Crippen molar-refractivity contribution in [1.29, 1.82) is 5.26 Å². The summed E-state index contributed by atoms with van der Waals surface area (Å²) in [5.41, 5.74) is 6.46. The van der Waals surface area contributed by atoms with E-state index in [4.69, 9.17) is 11.0 Å². The highest BCUT2D eigenvalue weighted by atomic mass is 35.5. The molecule has 0 saturated carbocycles. The van der Waals surface area contributed by atoms with Crippen LogP contribution in [-0.2, 0) is 0 Å². The largest absolute Gasteiger partial charge is 0.348 e. The lowest BCUT2D eigenvalue weighted by Gasteiger charge is -2.10. The van der Waals surface area contributed by atoms with Crippen molar-refractivity contribution in [3.8, 4) is 6.07 Å². The molecule has 1 atom stereocenters. The fraction of sp³-hybridized carbons (Fsp3) is 0.273. The first-order valence-corrected chi connectivity index (χ1v) is 4.68. The minimum absolute atomic E-state index is 0. The zero-order valence-corrected chi connectivity index (χ0v) is 9.75. The van der Waals surface area contributed by atoms with Crippen molar-refractivity contribution in [2.75, 3.05) is 6.54 Å². The minimum Gasteiger partial charge on any atom is -0.348 e. The third-order valence-electron chi connectivity index (χ3n) is 2.01. The lowest BCUT2D eigenvalue weighted by molar-refractivity contribution is 0.0941. The van der Waals surface area contributed by atoms with Gasteiger partial charge in [0.1, 0.15) is 0 Å². The van der Waals surface area contributed by atoms with E-state index < -0.39 is 0 Å². The number of halogens is 1. The van der Waals surface area contributed by atoms with Crippen LogP contribution in [0.5, 0.6) is 0 Å². The van der Waals surface area contributed by atoms with E-state index in [1.165, 1.54) is 0 Å². The third kappa shape index (κ3) is 3.89. The van der Waals surface area contributed by atoms with Crippen molar-refractivity contribution in [2.45, 2.75) is 13.0 Å². The second kappa shape index (κ2) is 6.83. The zero-order valence-electron chi connectivity index (χ0n) is 8.93. The maximum absolute atomic E-state index is 11.6. The van der Waals surface area contributed by atoms with Gasteiger partial charge in [0.25, 0.3) is 5.91 Å². The number of nitrogens with two attached hydrogens (primary N) is 1. The van der Waals surface area contributed by atoms with Crippen molar-refractivity contribution in [3.05, 3.63) is 35.4 Å². The van der Waals surface area contributed by atoms with E-state index in [1.807, 2.05) is 13.0 Å². The quantitative estimate of drug-likeness (QED) is 0.828. The zero-order chi connectivity index (χ0) is 11.3. The number of nitriles is 1. The van der Waals surface area contributed by atoms with Crippen LogP contribution in [0.3, 0.4) is 0 Å². The molecule has 0 unspecified atom stereocenters. The summed E-state index contributed by atoms with van der Waals surface area (Å²) in [6.45, 7) is 2.24. The normalized spacial score (nSPS) is 10.8. The number of amides is 1. The van der Waals surface area contributed by atoms with Crippen LogP contribution in [0.2, 0.25) is 0 Å². The second-order valence-corrected chi connectivity index (χ2v) is 3.30. The maximum atomic E-state index is 11.6. The van der Waals surface area contributed by atoms with Crippen LogP contribution in [0.1, 0.15) is 22.8 Å². The van der Waals surface area contributed by atoms with Crippen LogP contribution in [0.25, 0.3) is 0 Å². The molecule has 3 N–H and O–H groups in total. The van der Waals surface area contributed by atoms with Crippen molar-refractivity contribution in [3.63, 3.8) is 0 Å². The Kier molecular flexibility index (Phi) is 6.16. The Morgan fingerprint density at radius 1 is 1.50 bits per heavy atom. The van der Waals surface area contributed by atoms with Crippen LogP contribution in [-0.4, -0.2) is 18.5 Å². The lowest BCUT2D eigenvalue weighted by Crippen LogP contribution is -2.37. The van der Waals surface area contributed by atoms with Gasteiger partial charge < -0.3 is 11.1 Å². The van der Waals surface area contributed by atoms with Gasteiger partial charge in [0.15, 0.2) is 0 Å². The lowest BCUT2D eigenvalue weighted by atomic mass is 10.1. The summed E-state index contributed by atoms with van der Waals surface area (Å²) in [5, 5.41) is 11.3. The van der Waals surface area contributed by atoms with Crippen LogP contribution >= 0.6 is 12.4 Å². The average Bonchev–Trinajstić information content (AvgIpc) is 2.29. The van der Waals surface area contributed by atoms with Crippen LogP contribution < -0.4 is 11.1 Å². The summed E-state index contributed by atoms with van der Waals surface area (Å²) in [6.07, 6.45) is 0. The number of carbonyl (C=O) groups is 1. The van der Waals surface area contributed by atoms with Crippen LogP contribution in [0, 0.1) is 11.3 Å². The number of nitrogens with zero attached hydrogens (tertiary/aromatic N) is 1. The summed E-state index contributed by atoms with van der Waals surface area (Å²) in [4.78, 5) is 11.6. The molecule has 1 rings (SSSR count). The molecule has 0 aliphatic heterocycles. The number of benzene rings is 1. The number of rotatable bonds is 3. The first kappa shape index (κ1) is 14.4. The van der Waals surface area contributed by atoms with Crippen molar-refractivity contribution in [2.24, 2.45) is 5.73 Å². The SMILES string of the molecule is C[C@@H](CN)NC(=O)c1ccc(C#N)cc1.Cl. The predicted octanol–water partition coefficient (Wildman–Crippen LogP) is 1.06. The monoisotopic (exact) mass is 239 g/mol. The molecule has 1 aromatic rings. The van der Waals surface area contributed by atoms with Crippen molar-refractivity contribution in [1.82, 2.24) is 5.32 Å². The van der Waals surface area contributed by atoms with Gasteiger partial charge in [0.05, 0.1) is 11.6 Å². The molecule has 0 aromatic heterocycles. The fourth-order valence-corrected chi connectivity index (χ4v) is 1.06. The highest BCUT2D eigenvalue weighted by molar-refractivity contribution is 5.94. The molecular weight excluding hydrogens is 226 g/mol. The Morgan fingerprint density at radius 3 is 2.50 bits per heavy atom. The predicted molar refractivity (Wildman–Crippen MR) is 64.4 cm³/mol. The van der Waals surface area contributed by atoms with E-state index in [9.17, 15) is 4.79 Å². The molecule has 5 heteroatoms. The van der Waals surface area contributed by atoms with Gasteiger partial charge in [0, 0.05) is 18.2 Å². The maximum Gasteiger partial charge on any atom is 0.251 e. The van der Waals surface area contributed by atoms with Crippen molar-refractivity contribution >= 4 is 18.3 Å². The molecule has 0 saturated heterocycles. The molecule has 0 aliphatic carbocycles. The fourth-order valence-electron chi connectivity index (χ4n) is 1.06. The molecule has 0 spiro atoms. The molecule has 0 radical (unpaired) electrons. The number of hydrogen-bond acceptors (Lipinski definition) is 3. The smallest absolute Gasteiger partial charge is 0.251 e. The van der Waals surface area contributed by atoms with E-state index in [1.54, 1.807) is 24.3 Å². The van der Waals surface area contributed by atoms with Gasteiger partial charge in [-0.25, -0.2) is 0 Å². The van der Waals surface area contributed by atoms with Crippen LogP contribution in [0.15, 0.2) is 24.3 Å². The first-order valence-electron chi connectivity index (χ1n) is 4.68. The number of nitrogens with one attached hydrogen (secondary N) is 1. The summed E-state index contributed by atoms with van der Waals surface area (Å²) in [5.74, 6) is -0.169. The van der Waals surface area contributed by atoms with E-state index in [2.05, 4.69) is 5.32 Å². The van der Waals surface area contributed by atoms with Gasteiger partial charge in [-0.3, -0.25) is 4.79 Å². The van der Waals surface area contributed by atoms with Crippen LogP contribution in [0.4, 0.5) is 0 Å². The van der Waals surface area contributed by atoms with Gasteiger partial charge >= 0.3 is 0 Å². The Bertz CT molecular complexity index is 383. The minimum atomic E-state index is -0.169. The van der Waals surface area contributed by atoms with Gasteiger partial charge in [-0.2, -0.15) is 5.26 Å². The van der Waals surface area contributed by atoms with Gasteiger partial charge in [-0.05, 0) is 31.2 Å².